The van der Waals surface area contributed by atoms with Crippen LogP contribution >= 0.6 is 12.2 Å². The predicted octanol–water partition coefficient (Wildman–Crippen LogP) is 2.01. The summed E-state index contributed by atoms with van der Waals surface area (Å²) in [6.45, 7) is 6.04. The van der Waals surface area contributed by atoms with Gasteiger partial charge in [0.05, 0.1) is 6.67 Å². The smallest absolute Gasteiger partial charge is 0.199 e. The molecule has 2 heterocycles. The zero-order valence-electron chi connectivity index (χ0n) is 12.2. The van der Waals surface area contributed by atoms with Gasteiger partial charge in [-0.15, -0.1) is 0 Å². The van der Waals surface area contributed by atoms with Crippen molar-refractivity contribution in [2.24, 2.45) is 11.8 Å². The lowest BCUT2D eigenvalue weighted by Crippen LogP contribution is -2.25. The van der Waals surface area contributed by atoms with E-state index in [4.69, 9.17) is 12.2 Å². The van der Waals surface area contributed by atoms with Gasteiger partial charge in [0.15, 0.2) is 10.6 Å². The molecule has 0 bridgehead atoms. The standard InChI is InChI=1S/C14H24N4OS/c1-2-6-17-13(9-19)15-18(14(17)20)10-16-7-11-4-3-5-12(11)8-16/h11-12,19H,2-10H2,1H3. The molecule has 2 atom stereocenters. The summed E-state index contributed by atoms with van der Waals surface area (Å²) in [6.07, 6.45) is 5.18. The summed E-state index contributed by atoms with van der Waals surface area (Å²) < 4.78 is 4.59. The molecule has 0 spiro atoms. The predicted molar refractivity (Wildman–Crippen MR) is 79.7 cm³/mol. The molecule has 1 saturated heterocycles. The Morgan fingerprint density at radius 1 is 1.30 bits per heavy atom. The number of aromatic nitrogens is 3. The fraction of sp³-hybridized carbons (Fsp3) is 0.857. The molecule has 2 unspecified atom stereocenters. The number of rotatable bonds is 5. The number of aliphatic hydroxyl groups excluding tert-OH is 1. The second-order valence-corrected chi connectivity index (χ2v) is 6.50. The molecule has 1 aromatic rings. The van der Waals surface area contributed by atoms with Gasteiger partial charge >= 0.3 is 0 Å². The molecule has 0 radical (unpaired) electrons. The van der Waals surface area contributed by atoms with Crippen LogP contribution in [0.5, 0.6) is 0 Å². The van der Waals surface area contributed by atoms with Crippen LogP contribution in [0, 0.1) is 16.6 Å². The van der Waals surface area contributed by atoms with Gasteiger partial charge in [-0.25, -0.2) is 4.68 Å². The molecule has 1 aromatic heterocycles. The van der Waals surface area contributed by atoms with Crippen molar-refractivity contribution < 1.29 is 5.11 Å². The van der Waals surface area contributed by atoms with E-state index in [0.717, 1.165) is 36.2 Å². The largest absolute Gasteiger partial charge is 0.388 e. The highest BCUT2D eigenvalue weighted by molar-refractivity contribution is 7.71. The van der Waals surface area contributed by atoms with E-state index in [0.29, 0.717) is 5.82 Å². The Balaban J connectivity index is 1.73. The first kappa shape index (κ1) is 14.2. The van der Waals surface area contributed by atoms with E-state index in [-0.39, 0.29) is 6.61 Å². The van der Waals surface area contributed by atoms with Crippen LogP contribution in [0.1, 0.15) is 38.4 Å². The Morgan fingerprint density at radius 3 is 2.60 bits per heavy atom. The third-order valence-corrected chi connectivity index (χ3v) is 5.16. The van der Waals surface area contributed by atoms with Crippen LogP contribution in [0.15, 0.2) is 0 Å². The molecule has 1 aliphatic heterocycles. The minimum atomic E-state index is -0.0398. The number of nitrogens with zero attached hydrogens (tertiary/aromatic N) is 4. The topological polar surface area (TPSA) is 46.2 Å². The lowest BCUT2D eigenvalue weighted by atomic mass is 10.0. The van der Waals surface area contributed by atoms with Crippen LogP contribution < -0.4 is 0 Å². The molecule has 0 amide bonds. The molecule has 6 heteroatoms. The van der Waals surface area contributed by atoms with E-state index in [9.17, 15) is 5.11 Å². The molecule has 0 aromatic carbocycles. The highest BCUT2D eigenvalue weighted by atomic mass is 32.1. The van der Waals surface area contributed by atoms with Crippen LogP contribution in [0.25, 0.3) is 0 Å². The Bertz CT molecular complexity index is 512. The van der Waals surface area contributed by atoms with Gasteiger partial charge in [0, 0.05) is 19.6 Å². The van der Waals surface area contributed by atoms with Gasteiger partial charge in [-0.1, -0.05) is 13.3 Å². The van der Waals surface area contributed by atoms with E-state index in [2.05, 4.69) is 16.9 Å². The normalized spacial score (nSPS) is 26.3. The summed E-state index contributed by atoms with van der Waals surface area (Å²) in [6, 6.07) is 0. The van der Waals surface area contributed by atoms with Crippen molar-refractivity contribution in [2.45, 2.75) is 52.4 Å². The molecule has 1 aliphatic carbocycles. The molecule has 20 heavy (non-hydrogen) atoms. The van der Waals surface area contributed by atoms with Gasteiger partial charge in [0.1, 0.15) is 6.61 Å². The first-order chi connectivity index (χ1) is 9.72. The maximum Gasteiger partial charge on any atom is 0.199 e. The second-order valence-electron chi connectivity index (χ2n) is 6.14. The fourth-order valence-electron chi connectivity index (χ4n) is 3.78. The van der Waals surface area contributed by atoms with Gasteiger partial charge in [-0.2, -0.15) is 5.10 Å². The highest BCUT2D eigenvalue weighted by Gasteiger charge is 2.36. The third-order valence-electron chi connectivity index (χ3n) is 4.72. The average molecular weight is 296 g/mol. The lowest BCUT2D eigenvalue weighted by molar-refractivity contribution is 0.230. The van der Waals surface area contributed by atoms with Crippen molar-refractivity contribution in [3.8, 4) is 0 Å². The van der Waals surface area contributed by atoms with Crippen molar-refractivity contribution >= 4 is 12.2 Å². The molecule has 1 saturated carbocycles. The summed E-state index contributed by atoms with van der Waals surface area (Å²) >= 11 is 5.51. The number of aliphatic hydroxyl groups is 1. The Labute approximate surface area is 125 Å². The van der Waals surface area contributed by atoms with Crippen LogP contribution in [0.4, 0.5) is 0 Å². The number of fused-ring (bicyclic) bond motifs is 1. The highest BCUT2D eigenvalue weighted by Crippen LogP contribution is 2.37. The van der Waals surface area contributed by atoms with E-state index >= 15 is 0 Å². The third kappa shape index (κ3) is 2.56. The lowest BCUT2D eigenvalue weighted by Gasteiger charge is -2.16. The quantitative estimate of drug-likeness (QED) is 0.844. The van der Waals surface area contributed by atoms with Crippen LogP contribution in [0.3, 0.4) is 0 Å². The fourth-order valence-corrected chi connectivity index (χ4v) is 4.08. The first-order valence-electron chi connectivity index (χ1n) is 7.72. The van der Waals surface area contributed by atoms with Gasteiger partial charge in [0.25, 0.3) is 0 Å². The van der Waals surface area contributed by atoms with Crippen molar-refractivity contribution in [1.82, 2.24) is 19.2 Å². The molecule has 2 fully saturated rings. The average Bonchev–Trinajstić information content (AvgIpc) is 3.07. The van der Waals surface area contributed by atoms with Crippen molar-refractivity contribution in [2.75, 3.05) is 13.1 Å². The Hall–Kier alpha value is -0.720. The van der Waals surface area contributed by atoms with Gasteiger partial charge in [-0.05, 0) is 43.3 Å². The zero-order chi connectivity index (χ0) is 14.1. The van der Waals surface area contributed by atoms with E-state index in [1.54, 1.807) is 0 Å². The summed E-state index contributed by atoms with van der Waals surface area (Å²) in [4.78, 5) is 2.47. The zero-order valence-corrected chi connectivity index (χ0v) is 13.0. The van der Waals surface area contributed by atoms with Crippen molar-refractivity contribution in [1.29, 1.82) is 0 Å². The van der Waals surface area contributed by atoms with Crippen molar-refractivity contribution in [3.63, 3.8) is 0 Å². The van der Waals surface area contributed by atoms with Crippen LogP contribution in [-0.2, 0) is 19.8 Å². The summed E-state index contributed by atoms with van der Waals surface area (Å²) in [5, 5.41) is 13.9. The molecular weight excluding hydrogens is 272 g/mol. The summed E-state index contributed by atoms with van der Waals surface area (Å²) in [5.74, 6) is 2.47. The van der Waals surface area contributed by atoms with Gasteiger partial charge < -0.3 is 9.67 Å². The minimum absolute atomic E-state index is 0.0398. The molecule has 5 nitrogen and oxygen atoms in total. The van der Waals surface area contributed by atoms with Gasteiger partial charge in [0.2, 0.25) is 0 Å². The number of hydrogen-bond donors (Lipinski definition) is 1. The number of likely N-dealkylation sites (tertiary alicyclic amines) is 1. The van der Waals surface area contributed by atoms with Crippen LogP contribution in [-0.4, -0.2) is 37.4 Å². The van der Waals surface area contributed by atoms with Crippen LogP contribution in [0.2, 0.25) is 0 Å². The Morgan fingerprint density at radius 2 is 2.00 bits per heavy atom. The maximum absolute atomic E-state index is 9.42. The number of hydrogen-bond acceptors (Lipinski definition) is 4. The summed E-state index contributed by atoms with van der Waals surface area (Å²) in [5.41, 5.74) is 0. The SMILES string of the molecule is CCCn1c(CO)nn(CN2CC3CCCC3C2)c1=S. The Kier molecular flexibility index (Phi) is 4.23. The summed E-state index contributed by atoms with van der Waals surface area (Å²) in [7, 11) is 0. The molecule has 2 aliphatic rings. The second kappa shape index (κ2) is 5.95. The van der Waals surface area contributed by atoms with E-state index in [1.807, 2.05) is 9.25 Å². The molecule has 1 N–H and O–H groups in total. The maximum atomic E-state index is 9.42. The molecular formula is C14H24N4OS. The molecule has 112 valence electrons. The van der Waals surface area contributed by atoms with E-state index < -0.39 is 0 Å². The minimum Gasteiger partial charge on any atom is -0.388 e. The molecule has 3 rings (SSSR count). The van der Waals surface area contributed by atoms with Gasteiger partial charge in [-0.3, -0.25) is 4.90 Å². The van der Waals surface area contributed by atoms with E-state index in [1.165, 1.54) is 32.4 Å². The van der Waals surface area contributed by atoms with Crippen molar-refractivity contribution in [3.05, 3.63) is 10.6 Å². The first-order valence-corrected chi connectivity index (χ1v) is 8.13. The monoisotopic (exact) mass is 296 g/mol.